The summed E-state index contributed by atoms with van der Waals surface area (Å²) in [6.07, 6.45) is 2.98. The molecule has 6 heteroatoms. The molecule has 14 heavy (non-hydrogen) atoms. The van der Waals surface area contributed by atoms with Crippen molar-refractivity contribution < 1.29 is 9.90 Å². The number of hydrogen-bond donors (Lipinski definition) is 2. The number of nitrogen functional groups attached to an aromatic ring is 1. The van der Waals surface area contributed by atoms with Gasteiger partial charge in [-0.3, -0.25) is 0 Å². The minimum absolute atomic E-state index is 0.111. The Bertz CT molecular complexity index is 367. The van der Waals surface area contributed by atoms with Gasteiger partial charge in [0.1, 0.15) is 5.03 Å². The summed E-state index contributed by atoms with van der Waals surface area (Å²) in [5.74, 6) is -0.464. The maximum absolute atomic E-state index is 10.4. The quantitative estimate of drug-likeness (QED) is 0.565. The summed E-state index contributed by atoms with van der Waals surface area (Å²) in [4.78, 5) is 18.2. The molecular formula is C8H9N3O2S. The van der Waals surface area contributed by atoms with Gasteiger partial charge < -0.3 is 10.8 Å². The molecular weight excluding hydrogens is 202 g/mol. The summed E-state index contributed by atoms with van der Waals surface area (Å²) in [6, 6.07) is 0. The third-order valence-corrected chi connectivity index (χ3v) is 2.46. The molecule has 1 heterocycles. The molecule has 1 aromatic rings. The van der Waals surface area contributed by atoms with Crippen LogP contribution in [0.25, 0.3) is 0 Å². The molecule has 0 saturated carbocycles. The van der Waals surface area contributed by atoms with E-state index in [2.05, 4.69) is 16.5 Å². The zero-order chi connectivity index (χ0) is 10.6. The average Bonchev–Trinajstić information content (AvgIpc) is 2.16. The maximum atomic E-state index is 10.4. The van der Waals surface area contributed by atoms with Crippen LogP contribution >= 0.6 is 11.8 Å². The Morgan fingerprint density at radius 2 is 2.21 bits per heavy atom. The lowest BCUT2D eigenvalue weighted by Crippen LogP contribution is -2.02. The number of carboxylic acid groups (broad SMARTS) is 1. The molecule has 3 N–H and O–H groups in total. The van der Waals surface area contributed by atoms with Crippen LogP contribution < -0.4 is 5.73 Å². The lowest BCUT2D eigenvalue weighted by atomic mass is 10.4. The first-order valence-corrected chi connectivity index (χ1v) is 4.70. The van der Waals surface area contributed by atoms with Gasteiger partial charge in [-0.05, 0) is 0 Å². The van der Waals surface area contributed by atoms with Crippen molar-refractivity contribution in [1.29, 1.82) is 0 Å². The first-order valence-electron chi connectivity index (χ1n) is 3.71. The fraction of sp³-hybridized carbons (Fsp3) is 0.125. The standard InChI is InChI=1S/C8H9N3O2S/c1-5(8(12)13)4-14-7-6(9)10-2-3-11-7/h2-3H,1,4H2,(H2,9,10)(H,12,13). The lowest BCUT2D eigenvalue weighted by molar-refractivity contribution is -0.132. The molecule has 1 rings (SSSR count). The van der Waals surface area contributed by atoms with Crippen LogP contribution in [0.4, 0.5) is 5.82 Å². The third-order valence-electron chi connectivity index (χ3n) is 1.38. The van der Waals surface area contributed by atoms with Gasteiger partial charge in [0.05, 0.1) is 0 Å². The van der Waals surface area contributed by atoms with Gasteiger partial charge in [0.2, 0.25) is 0 Å². The molecule has 0 spiro atoms. The molecule has 0 aromatic carbocycles. The van der Waals surface area contributed by atoms with Crippen LogP contribution in [0.15, 0.2) is 29.6 Å². The van der Waals surface area contributed by atoms with Crippen molar-refractivity contribution in [3.05, 3.63) is 24.5 Å². The highest BCUT2D eigenvalue weighted by Gasteiger charge is 2.07. The van der Waals surface area contributed by atoms with Crippen molar-refractivity contribution in [2.45, 2.75) is 5.03 Å². The van der Waals surface area contributed by atoms with Gasteiger partial charge in [0.25, 0.3) is 0 Å². The molecule has 0 unspecified atom stereocenters. The number of carboxylic acids is 1. The van der Waals surface area contributed by atoms with Crippen LogP contribution in [0.1, 0.15) is 0 Å². The fourth-order valence-corrected chi connectivity index (χ4v) is 1.43. The lowest BCUT2D eigenvalue weighted by Gasteiger charge is -2.01. The van der Waals surface area contributed by atoms with Crippen molar-refractivity contribution >= 4 is 23.5 Å². The van der Waals surface area contributed by atoms with E-state index in [0.29, 0.717) is 10.8 Å². The molecule has 0 aliphatic carbocycles. The monoisotopic (exact) mass is 211 g/mol. The second-order valence-corrected chi connectivity index (χ2v) is 3.41. The van der Waals surface area contributed by atoms with E-state index in [1.807, 2.05) is 0 Å². The molecule has 0 aliphatic rings. The van der Waals surface area contributed by atoms with E-state index in [1.54, 1.807) is 0 Å². The van der Waals surface area contributed by atoms with Crippen molar-refractivity contribution in [3.63, 3.8) is 0 Å². The van der Waals surface area contributed by atoms with E-state index in [9.17, 15) is 4.79 Å². The predicted octanol–water partition coefficient (Wildman–Crippen LogP) is 0.792. The highest BCUT2D eigenvalue weighted by Crippen LogP contribution is 2.21. The van der Waals surface area contributed by atoms with Gasteiger partial charge >= 0.3 is 5.97 Å². The molecule has 1 aromatic heterocycles. The van der Waals surface area contributed by atoms with E-state index in [4.69, 9.17) is 10.8 Å². The molecule has 0 bridgehead atoms. The van der Waals surface area contributed by atoms with Crippen LogP contribution in [0.3, 0.4) is 0 Å². The first kappa shape index (κ1) is 10.5. The fourth-order valence-electron chi connectivity index (χ4n) is 0.664. The Hall–Kier alpha value is -1.56. The van der Waals surface area contributed by atoms with Crippen LogP contribution in [-0.4, -0.2) is 26.8 Å². The Morgan fingerprint density at radius 1 is 1.57 bits per heavy atom. The number of rotatable bonds is 4. The zero-order valence-electron chi connectivity index (χ0n) is 7.30. The molecule has 5 nitrogen and oxygen atoms in total. The Balaban J connectivity index is 2.58. The number of anilines is 1. The molecule has 74 valence electrons. The smallest absolute Gasteiger partial charge is 0.331 e. The highest BCUT2D eigenvalue weighted by molar-refractivity contribution is 7.99. The minimum Gasteiger partial charge on any atom is -0.478 e. The van der Waals surface area contributed by atoms with E-state index in [0.717, 1.165) is 0 Å². The number of aromatic nitrogens is 2. The summed E-state index contributed by atoms with van der Waals surface area (Å²) in [7, 11) is 0. The first-order chi connectivity index (χ1) is 6.61. The number of carbonyl (C=O) groups is 1. The number of thioether (sulfide) groups is 1. The van der Waals surface area contributed by atoms with Crippen LogP contribution in [0.5, 0.6) is 0 Å². The normalized spacial score (nSPS) is 9.71. The van der Waals surface area contributed by atoms with E-state index >= 15 is 0 Å². The second-order valence-electron chi connectivity index (χ2n) is 2.44. The van der Waals surface area contributed by atoms with Gasteiger partial charge in [-0.15, -0.1) is 0 Å². The van der Waals surface area contributed by atoms with Gasteiger partial charge in [-0.2, -0.15) is 0 Å². The van der Waals surface area contributed by atoms with Crippen LogP contribution in [0, 0.1) is 0 Å². The van der Waals surface area contributed by atoms with Crippen molar-refractivity contribution in [1.82, 2.24) is 9.97 Å². The molecule has 0 saturated heterocycles. The molecule has 0 aliphatic heterocycles. The zero-order valence-corrected chi connectivity index (χ0v) is 8.12. The number of aliphatic carboxylic acids is 1. The third kappa shape index (κ3) is 2.74. The maximum Gasteiger partial charge on any atom is 0.331 e. The summed E-state index contributed by atoms with van der Waals surface area (Å²) >= 11 is 1.20. The van der Waals surface area contributed by atoms with E-state index in [1.165, 1.54) is 24.2 Å². The largest absolute Gasteiger partial charge is 0.478 e. The molecule has 0 amide bonds. The molecule has 0 atom stereocenters. The van der Waals surface area contributed by atoms with Crippen molar-refractivity contribution in [2.75, 3.05) is 11.5 Å². The van der Waals surface area contributed by atoms with Gasteiger partial charge in [0.15, 0.2) is 5.82 Å². The van der Waals surface area contributed by atoms with Gasteiger partial charge in [0, 0.05) is 23.7 Å². The second kappa shape index (κ2) is 4.61. The molecule has 0 fully saturated rings. The number of nitrogens with two attached hydrogens (primary N) is 1. The van der Waals surface area contributed by atoms with Gasteiger partial charge in [-0.25, -0.2) is 14.8 Å². The Labute approximate surface area is 85.1 Å². The number of hydrogen-bond acceptors (Lipinski definition) is 5. The topological polar surface area (TPSA) is 89.1 Å². The van der Waals surface area contributed by atoms with Crippen molar-refractivity contribution in [2.24, 2.45) is 0 Å². The average molecular weight is 211 g/mol. The molecule has 0 radical (unpaired) electrons. The summed E-state index contributed by atoms with van der Waals surface area (Å²) in [5, 5.41) is 9.07. The SMILES string of the molecule is C=C(CSc1nccnc1N)C(=O)O. The van der Waals surface area contributed by atoms with E-state index < -0.39 is 5.97 Å². The Morgan fingerprint density at radius 3 is 2.79 bits per heavy atom. The Kier molecular flexibility index (Phi) is 3.47. The summed E-state index contributed by atoms with van der Waals surface area (Å²) in [5.41, 5.74) is 5.62. The van der Waals surface area contributed by atoms with E-state index in [-0.39, 0.29) is 11.3 Å². The summed E-state index contributed by atoms with van der Waals surface area (Å²) < 4.78 is 0. The van der Waals surface area contributed by atoms with Crippen molar-refractivity contribution in [3.8, 4) is 0 Å². The van der Waals surface area contributed by atoms with Gasteiger partial charge in [-0.1, -0.05) is 18.3 Å². The van der Waals surface area contributed by atoms with Crippen LogP contribution in [0.2, 0.25) is 0 Å². The summed E-state index contributed by atoms with van der Waals surface area (Å²) in [6.45, 7) is 3.39. The predicted molar refractivity (Wildman–Crippen MR) is 53.9 cm³/mol. The highest BCUT2D eigenvalue weighted by atomic mass is 32.2. The van der Waals surface area contributed by atoms with Crippen LogP contribution in [-0.2, 0) is 4.79 Å². The number of nitrogens with zero attached hydrogens (tertiary/aromatic N) is 2. The minimum atomic E-state index is -1.01.